The van der Waals surface area contributed by atoms with Crippen LogP contribution in [0.15, 0.2) is 0 Å². The van der Waals surface area contributed by atoms with E-state index in [0.29, 0.717) is 5.78 Å². The molecular formula is C15H25NO2S. The van der Waals surface area contributed by atoms with Gasteiger partial charge >= 0.3 is 0 Å². The van der Waals surface area contributed by atoms with Gasteiger partial charge in [0, 0.05) is 24.7 Å². The molecule has 3 fully saturated rings. The lowest BCUT2D eigenvalue weighted by Gasteiger charge is -2.37. The molecule has 0 aliphatic carbocycles. The molecule has 3 aliphatic heterocycles. The number of thioether (sulfide) groups is 1. The van der Waals surface area contributed by atoms with Crippen molar-refractivity contribution in [3.05, 3.63) is 0 Å². The Kier molecular flexibility index (Phi) is 4.50. The molecule has 3 atom stereocenters. The lowest BCUT2D eigenvalue weighted by molar-refractivity contribution is -0.134. The molecule has 0 bridgehead atoms. The quantitative estimate of drug-likeness (QED) is 0.859. The third-order valence-electron chi connectivity index (χ3n) is 4.98. The average Bonchev–Trinajstić information content (AvgIpc) is 3.08. The first-order valence-corrected chi connectivity index (χ1v) is 8.88. The standard InChI is InChI=1S/C15H25NO2S/c17-14(2-1-12-3-6-16-10-12)13-4-7-18-15(9-13)5-8-19-11-15/h12-13,16H,1-11H2. The third kappa shape index (κ3) is 3.34. The summed E-state index contributed by atoms with van der Waals surface area (Å²) in [6.07, 6.45) is 6.22. The molecule has 1 N–H and O–H groups in total. The minimum absolute atomic E-state index is 0.0537. The fraction of sp³-hybridized carbons (Fsp3) is 0.933. The van der Waals surface area contributed by atoms with Gasteiger partial charge < -0.3 is 10.1 Å². The lowest BCUT2D eigenvalue weighted by Crippen LogP contribution is -2.42. The zero-order chi connectivity index (χ0) is 13.1. The van der Waals surface area contributed by atoms with Gasteiger partial charge in [0.2, 0.25) is 0 Å². The minimum atomic E-state index is 0.0537. The molecule has 3 saturated heterocycles. The van der Waals surface area contributed by atoms with Gasteiger partial charge in [-0.3, -0.25) is 4.79 Å². The van der Waals surface area contributed by atoms with Gasteiger partial charge in [0.25, 0.3) is 0 Å². The maximum absolute atomic E-state index is 12.4. The van der Waals surface area contributed by atoms with E-state index in [1.54, 1.807) is 0 Å². The van der Waals surface area contributed by atoms with Gasteiger partial charge in [-0.15, -0.1) is 0 Å². The van der Waals surface area contributed by atoms with E-state index in [4.69, 9.17) is 4.74 Å². The van der Waals surface area contributed by atoms with Crippen LogP contribution in [-0.2, 0) is 9.53 Å². The first-order valence-electron chi connectivity index (χ1n) is 7.73. The number of ether oxygens (including phenoxy) is 1. The predicted octanol–water partition coefficient (Wildman–Crippen LogP) is 2.25. The fourth-order valence-electron chi connectivity index (χ4n) is 3.68. The summed E-state index contributed by atoms with van der Waals surface area (Å²) < 4.78 is 6.00. The van der Waals surface area contributed by atoms with Crippen molar-refractivity contribution in [1.29, 1.82) is 0 Å². The number of ketones is 1. The Bertz CT molecular complexity index is 322. The van der Waals surface area contributed by atoms with Gasteiger partial charge in [-0.05, 0) is 56.9 Å². The number of Topliss-reactive ketones (excluding diaryl/α,β-unsaturated/α-hetero) is 1. The molecule has 1 spiro atoms. The van der Waals surface area contributed by atoms with Crippen molar-refractivity contribution in [3.63, 3.8) is 0 Å². The van der Waals surface area contributed by atoms with Crippen LogP contribution in [-0.4, -0.2) is 42.6 Å². The van der Waals surface area contributed by atoms with Crippen LogP contribution < -0.4 is 5.32 Å². The van der Waals surface area contributed by atoms with E-state index in [2.05, 4.69) is 5.32 Å². The van der Waals surface area contributed by atoms with Crippen LogP contribution in [0.25, 0.3) is 0 Å². The number of nitrogens with one attached hydrogen (secondary N) is 1. The molecule has 3 heterocycles. The molecule has 0 radical (unpaired) electrons. The van der Waals surface area contributed by atoms with Crippen molar-refractivity contribution in [2.45, 2.75) is 44.1 Å². The smallest absolute Gasteiger partial charge is 0.136 e. The minimum Gasteiger partial charge on any atom is -0.374 e. The van der Waals surface area contributed by atoms with Gasteiger partial charge in [0.1, 0.15) is 5.78 Å². The van der Waals surface area contributed by atoms with E-state index in [1.165, 1.54) is 12.2 Å². The van der Waals surface area contributed by atoms with Crippen LogP contribution >= 0.6 is 11.8 Å². The number of rotatable bonds is 4. The largest absolute Gasteiger partial charge is 0.374 e. The van der Waals surface area contributed by atoms with Crippen molar-refractivity contribution < 1.29 is 9.53 Å². The predicted molar refractivity (Wildman–Crippen MR) is 78.6 cm³/mol. The molecule has 19 heavy (non-hydrogen) atoms. The Morgan fingerprint density at radius 2 is 2.37 bits per heavy atom. The highest BCUT2D eigenvalue weighted by Gasteiger charge is 2.42. The van der Waals surface area contributed by atoms with Crippen LogP contribution in [0.5, 0.6) is 0 Å². The second-order valence-corrected chi connectivity index (χ2v) is 7.49. The van der Waals surface area contributed by atoms with Gasteiger partial charge in [0.05, 0.1) is 5.60 Å². The summed E-state index contributed by atoms with van der Waals surface area (Å²) in [5.41, 5.74) is 0.0537. The van der Waals surface area contributed by atoms with E-state index in [1.807, 2.05) is 11.8 Å². The van der Waals surface area contributed by atoms with Crippen molar-refractivity contribution in [2.24, 2.45) is 11.8 Å². The van der Waals surface area contributed by atoms with E-state index in [9.17, 15) is 4.79 Å². The molecule has 3 unspecified atom stereocenters. The highest BCUT2D eigenvalue weighted by molar-refractivity contribution is 7.99. The number of hydrogen-bond donors (Lipinski definition) is 1. The molecule has 3 nitrogen and oxygen atoms in total. The zero-order valence-electron chi connectivity index (χ0n) is 11.7. The topological polar surface area (TPSA) is 38.3 Å². The van der Waals surface area contributed by atoms with Crippen LogP contribution in [0.4, 0.5) is 0 Å². The Balaban J connectivity index is 1.48. The molecule has 0 aromatic rings. The maximum Gasteiger partial charge on any atom is 0.136 e. The molecule has 0 aromatic carbocycles. The molecule has 3 rings (SSSR count). The fourth-order valence-corrected chi connectivity index (χ4v) is 5.06. The molecular weight excluding hydrogens is 258 g/mol. The summed E-state index contributed by atoms with van der Waals surface area (Å²) in [7, 11) is 0. The summed E-state index contributed by atoms with van der Waals surface area (Å²) in [6, 6.07) is 0. The van der Waals surface area contributed by atoms with Gasteiger partial charge in [0.15, 0.2) is 0 Å². The number of carbonyl (C=O) groups excluding carboxylic acids is 1. The summed E-state index contributed by atoms with van der Waals surface area (Å²) in [5, 5.41) is 3.38. The first kappa shape index (κ1) is 13.9. The van der Waals surface area contributed by atoms with Crippen LogP contribution in [0, 0.1) is 11.8 Å². The Morgan fingerprint density at radius 3 is 3.11 bits per heavy atom. The Labute approximate surface area is 120 Å². The SMILES string of the molecule is O=C(CCC1CCNC1)C1CCOC2(CCSC2)C1. The molecule has 0 amide bonds. The van der Waals surface area contributed by atoms with E-state index in [0.717, 1.165) is 63.5 Å². The molecule has 108 valence electrons. The van der Waals surface area contributed by atoms with Crippen molar-refractivity contribution >= 4 is 17.5 Å². The monoisotopic (exact) mass is 283 g/mol. The highest BCUT2D eigenvalue weighted by Crippen LogP contribution is 2.41. The van der Waals surface area contributed by atoms with E-state index < -0.39 is 0 Å². The summed E-state index contributed by atoms with van der Waals surface area (Å²) >= 11 is 1.98. The molecule has 4 heteroatoms. The Hall–Kier alpha value is -0.0600. The first-order chi connectivity index (χ1) is 9.27. The summed E-state index contributed by atoms with van der Waals surface area (Å²) in [4.78, 5) is 12.4. The normalized spacial score (nSPS) is 38.9. The van der Waals surface area contributed by atoms with Crippen molar-refractivity contribution in [1.82, 2.24) is 5.32 Å². The maximum atomic E-state index is 12.4. The molecule has 3 aliphatic rings. The third-order valence-corrected chi connectivity index (χ3v) is 6.20. The second kappa shape index (κ2) is 6.15. The van der Waals surface area contributed by atoms with Crippen molar-refractivity contribution in [3.8, 4) is 0 Å². The van der Waals surface area contributed by atoms with Crippen LogP contribution in [0.2, 0.25) is 0 Å². The van der Waals surface area contributed by atoms with Gasteiger partial charge in [-0.25, -0.2) is 0 Å². The second-order valence-electron chi connectivity index (χ2n) is 6.39. The summed E-state index contributed by atoms with van der Waals surface area (Å²) in [6.45, 7) is 3.04. The van der Waals surface area contributed by atoms with Crippen LogP contribution in [0.3, 0.4) is 0 Å². The molecule has 0 aromatic heterocycles. The summed E-state index contributed by atoms with van der Waals surface area (Å²) in [5.74, 6) is 3.82. The average molecular weight is 283 g/mol. The van der Waals surface area contributed by atoms with Gasteiger partial charge in [-0.2, -0.15) is 11.8 Å². The van der Waals surface area contributed by atoms with Crippen LogP contribution in [0.1, 0.15) is 38.5 Å². The zero-order valence-corrected chi connectivity index (χ0v) is 12.5. The Morgan fingerprint density at radius 1 is 1.42 bits per heavy atom. The number of carbonyl (C=O) groups is 1. The number of hydrogen-bond acceptors (Lipinski definition) is 4. The molecule has 0 saturated carbocycles. The van der Waals surface area contributed by atoms with E-state index in [-0.39, 0.29) is 11.5 Å². The highest BCUT2D eigenvalue weighted by atomic mass is 32.2. The van der Waals surface area contributed by atoms with Crippen molar-refractivity contribution in [2.75, 3.05) is 31.2 Å². The van der Waals surface area contributed by atoms with Gasteiger partial charge in [-0.1, -0.05) is 0 Å². The lowest BCUT2D eigenvalue weighted by atomic mass is 9.81. The van der Waals surface area contributed by atoms with E-state index >= 15 is 0 Å².